The molecule has 1 aromatic rings. The first kappa shape index (κ1) is 14.9. The van der Waals surface area contributed by atoms with E-state index in [0.29, 0.717) is 18.9 Å². The molecule has 0 aliphatic rings. The smallest absolute Gasteiger partial charge is 0.364 e. The van der Waals surface area contributed by atoms with Crippen molar-refractivity contribution < 1.29 is 22.4 Å². The Labute approximate surface area is 102 Å². The average molecular weight is 267 g/mol. The maximum absolute atomic E-state index is 11.9. The lowest BCUT2D eigenvalue weighted by Crippen LogP contribution is -2.31. The van der Waals surface area contributed by atoms with Gasteiger partial charge in [0.1, 0.15) is 13.2 Å². The lowest BCUT2D eigenvalue weighted by Gasteiger charge is -2.20. The minimum absolute atomic E-state index is 0.0855. The molecule has 0 aromatic carbocycles. The molecule has 1 rings (SSSR count). The van der Waals surface area contributed by atoms with Gasteiger partial charge in [-0.1, -0.05) is 12.1 Å². The predicted molar refractivity (Wildman–Crippen MR) is 56.7 cm³/mol. The number of hydrogen-bond donors (Lipinski definition) is 1. The van der Waals surface area contributed by atoms with Crippen molar-refractivity contribution in [3.8, 4) is 0 Å². The Hall–Kier alpha value is -1.15. The van der Waals surface area contributed by atoms with Crippen molar-refractivity contribution in [1.29, 1.82) is 0 Å². The van der Waals surface area contributed by atoms with E-state index in [1.54, 1.807) is 0 Å². The largest absolute Gasteiger partial charge is 0.411 e. The molecule has 18 heavy (non-hydrogen) atoms. The Morgan fingerprint density at radius 3 is 2.56 bits per heavy atom. The van der Waals surface area contributed by atoms with E-state index in [1.807, 2.05) is 13.8 Å². The van der Waals surface area contributed by atoms with Crippen molar-refractivity contribution in [2.45, 2.75) is 38.5 Å². The molecule has 104 valence electrons. The van der Waals surface area contributed by atoms with Crippen molar-refractivity contribution in [3.05, 3.63) is 11.7 Å². The van der Waals surface area contributed by atoms with E-state index < -0.39 is 18.2 Å². The Bertz CT molecular complexity index is 375. The molecule has 1 heterocycles. The molecule has 0 radical (unpaired) electrons. The van der Waals surface area contributed by atoms with E-state index in [4.69, 9.17) is 10.3 Å². The van der Waals surface area contributed by atoms with Crippen LogP contribution in [0.1, 0.15) is 32.0 Å². The Morgan fingerprint density at radius 1 is 1.39 bits per heavy atom. The molecule has 0 fully saturated rings. The minimum atomic E-state index is -4.36. The zero-order valence-electron chi connectivity index (χ0n) is 10.3. The van der Waals surface area contributed by atoms with Crippen LogP contribution in [0.3, 0.4) is 0 Å². The molecule has 0 bridgehead atoms. The second kappa shape index (κ2) is 5.66. The number of alkyl halides is 3. The predicted octanol–water partition coefficient (Wildman–Crippen LogP) is 1.77. The average Bonchev–Trinajstić information content (AvgIpc) is 2.75. The zero-order valence-corrected chi connectivity index (χ0v) is 10.3. The summed E-state index contributed by atoms with van der Waals surface area (Å²) in [6, 6.07) is 0. The van der Waals surface area contributed by atoms with Gasteiger partial charge in [0.05, 0.1) is 5.41 Å². The summed E-state index contributed by atoms with van der Waals surface area (Å²) in [6.45, 7) is 2.40. The summed E-state index contributed by atoms with van der Waals surface area (Å²) in [5.74, 6) is 0.403. The topological polar surface area (TPSA) is 74.2 Å². The summed E-state index contributed by atoms with van der Waals surface area (Å²) in [5.41, 5.74) is 5.15. The summed E-state index contributed by atoms with van der Waals surface area (Å²) < 4.78 is 45.0. The molecule has 0 spiro atoms. The normalized spacial score (nSPS) is 15.7. The number of ether oxygens (including phenoxy) is 1. The molecule has 0 amide bonds. The number of aromatic nitrogens is 2. The molecule has 0 aliphatic heterocycles. The lowest BCUT2D eigenvalue weighted by molar-refractivity contribution is -0.177. The van der Waals surface area contributed by atoms with Crippen LogP contribution in [0.2, 0.25) is 0 Å². The number of hydrogen-bond acceptors (Lipinski definition) is 5. The third kappa shape index (κ3) is 3.95. The van der Waals surface area contributed by atoms with Crippen LogP contribution in [0.25, 0.3) is 0 Å². The fourth-order valence-electron chi connectivity index (χ4n) is 1.20. The van der Waals surface area contributed by atoms with Gasteiger partial charge in [0, 0.05) is 6.54 Å². The van der Waals surface area contributed by atoms with Crippen LogP contribution in [-0.2, 0) is 16.8 Å². The molecule has 0 saturated heterocycles. The molecule has 1 aromatic heterocycles. The molecule has 0 aliphatic carbocycles. The van der Waals surface area contributed by atoms with Crippen LogP contribution in [0.5, 0.6) is 0 Å². The van der Waals surface area contributed by atoms with E-state index in [0.717, 1.165) is 0 Å². The van der Waals surface area contributed by atoms with Gasteiger partial charge in [0.15, 0.2) is 5.82 Å². The van der Waals surface area contributed by atoms with Crippen molar-refractivity contribution in [3.63, 3.8) is 0 Å². The molecule has 8 heteroatoms. The lowest BCUT2D eigenvalue weighted by atomic mass is 9.88. The standard InChI is InChI=1S/C10H16F3N3O2/c1-3-9(2,5-14)8-15-7(16-18-8)4-17-6-10(11,12)13/h3-6,14H2,1-2H3. The highest BCUT2D eigenvalue weighted by atomic mass is 19.4. The first-order valence-electron chi connectivity index (χ1n) is 5.48. The number of halogens is 3. The summed E-state index contributed by atoms with van der Waals surface area (Å²) in [5, 5.41) is 3.56. The Kier molecular flexibility index (Phi) is 4.69. The van der Waals surface area contributed by atoms with Crippen molar-refractivity contribution in [2.24, 2.45) is 5.73 Å². The summed E-state index contributed by atoms with van der Waals surface area (Å²) >= 11 is 0. The highest BCUT2D eigenvalue weighted by molar-refractivity contribution is 5.03. The highest BCUT2D eigenvalue weighted by Gasteiger charge is 2.30. The molecular weight excluding hydrogens is 251 g/mol. The fourth-order valence-corrected chi connectivity index (χ4v) is 1.20. The van der Waals surface area contributed by atoms with E-state index in [9.17, 15) is 13.2 Å². The van der Waals surface area contributed by atoms with Gasteiger partial charge in [-0.25, -0.2) is 0 Å². The second-order valence-corrected chi connectivity index (χ2v) is 4.24. The zero-order chi connectivity index (χ0) is 13.8. The third-order valence-corrected chi connectivity index (χ3v) is 2.71. The first-order valence-corrected chi connectivity index (χ1v) is 5.48. The van der Waals surface area contributed by atoms with Gasteiger partial charge in [-0.05, 0) is 13.3 Å². The van der Waals surface area contributed by atoms with Gasteiger partial charge in [-0.2, -0.15) is 18.2 Å². The first-order chi connectivity index (χ1) is 8.30. The van der Waals surface area contributed by atoms with E-state index in [1.165, 1.54) is 0 Å². The van der Waals surface area contributed by atoms with Crippen molar-refractivity contribution in [2.75, 3.05) is 13.2 Å². The maximum atomic E-state index is 11.9. The fraction of sp³-hybridized carbons (Fsp3) is 0.800. The Balaban J connectivity index is 2.59. The minimum Gasteiger partial charge on any atom is -0.364 e. The van der Waals surface area contributed by atoms with Crippen LogP contribution in [0.4, 0.5) is 13.2 Å². The molecular formula is C10H16F3N3O2. The molecule has 1 unspecified atom stereocenters. The van der Waals surface area contributed by atoms with Crippen LogP contribution < -0.4 is 5.73 Å². The number of nitrogens with zero attached hydrogens (tertiary/aromatic N) is 2. The Morgan fingerprint density at radius 2 is 2.06 bits per heavy atom. The van der Waals surface area contributed by atoms with Crippen LogP contribution in [0.15, 0.2) is 4.52 Å². The van der Waals surface area contributed by atoms with Gasteiger partial charge in [-0.3, -0.25) is 0 Å². The summed E-state index contributed by atoms with van der Waals surface area (Å²) in [7, 11) is 0. The third-order valence-electron chi connectivity index (χ3n) is 2.71. The van der Waals surface area contributed by atoms with Gasteiger partial charge >= 0.3 is 6.18 Å². The van der Waals surface area contributed by atoms with Gasteiger partial charge < -0.3 is 15.0 Å². The van der Waals surface area contributed by atoms with Crippen molar-refractivity contribution in [1.82, 2.24) is 10.1 Å². The van der Waals surface area contributed by atoms with Gasteiger partial charge in [0.2, 0.25) is 5.89 Å². The van der Waals surface area contributed by atoms with E-state index in [2.05, 4.69) is 14.9 Å². The van der Waals surface area contributed by atoms with Gasteiger partial charge in [0.25, 0.3) is 0 Å². The summed E-state index contributed by atoms with van der Waals surface area (Å²) in [4.78, 5) is 3.99. The highest BCUT2D eigenvalue weighted by Crippen LogP contribution is 2.24. The maximum Gasteiger partial charge on any atom is 0.411 e. The number of nitrogens with two attached hydrogens (primary N) is 1. The van der Waals surface area contributed by atoms with E-state index in [-0.39, 0.29) is 12.4 Å². The molecule has 1 atom stereocenters. The SMILES string of the molecule is CCC(C)(CN)c1nc(COCC(F)(F)F)no1. The van der Waals surface area contributed by atoms with Crippen LogP contribution >= 0.6 is 0 Å². The van der Waals surface area contributed by atoms with Gasteiger partial charge in [-0.15, -0.1) is 0 Å². The monoisotopic (exact) mass is 267 g/mol. The quantitative estimate of drug-likeness (QED) is 0.850. The van der Waals surface area contributed by atoms with Crippen LogP contribution in [-0.4, -0.2) is 29.5 Å². The van der Waals surface area contributed by atoms with Crippen LogP contribution in [0, 0.1) is 0 Å². The second-order valence-electron chi connectivity index (χ2n) is 4.24. The molecule has 0 saturated carbocycles. The van der Waals surface area contributed by atoms with Crippen molar-refractivity contribution >= 4 is 0 Å². The molecule has 2 N–H and O–H groups in total. The summed E-state index contributed by atoms with van der Waals surface area (Å²) in [6.07, 6.45) is -3.67. The number of rotatable bonds is 6. The molecule has 5 nitrogen and oxygen atoms in total. The van der Waals surface area contributed by atoms with E-state index >= 15 is 0 Å².